The van der Waals surface area contributed by atoms with E-state index in [2.05, 4.69) is 15.3 Å². The predicted molar refractivity (Wildman–Crippen MR) is 70.5 cm³/mol. The molecule has 0 aliphatic carbocycles. The van der Waals surface area contributed by atoms with Crippen LogP contribution in [0.15, 0.2) is 35.3 Å². The highest BCUT2D eigenvalue weighted by Crippen LogP contribution is 2.23. The summed E-state index contributed by atoms with van der Waals surface area (Å²) in [5, 5.41) is 2.61. The largest absolute Gasteiger partial charge is 0.495 e. The fourth-order valence-corrected chi connectivity index (χ4v) is 1.58. The van der Waals surface area contributed by atoms with Crippen LogP contribution in [0.4, 0.5) is 5.69 Å². The first-order chi connectivity index (χ1) is 9.11. The molecule has 0 fully saturated rings. The number of aryl methyl sites for hydroxylation is 1. The molecule has 0 radical (unpaired) electrons. The van der Waals surface area contributed by atoms with Crippen molar-refractivity contribution in [1.82, 2.24) is 9.97 Å². The number of methoxy groups -OCH3 is 1. The van der Waals surface area contributed by atoms with E-state index in [1.807, 2.05) is 0 Å². The number of ether oxygens (including phenoxy) is 1. The van der Waals surface area contributed by atoms with Crippen LogP contribution in [0.5, 0.6) is 5.75 Å². The lowest BCUT2D eigenvalue weighted by molar-refractivity contribution is 0.102. The first-order valence-corrected chi connectivity index (χ1v) is 5.62. The second-order valence-corrected chi connectivity index (χ2v) is 3.87. The molecule has 0 aliphatic rings. The third-order valence-electron chi connectivity index (χ3n) is 2.53. The number of hydrogen-bond acceptors (Lipinski definition) is 4. The van der Waals surface area contributed by atoms with E-state index in [1.165, 1.54) is 13.3 Å². The SMILES string of the molecule is COc1ccccc1NC(=O)c1cnc(C)[nH]c1=O. The van der Waals surface area contributed by atoms with E-state index in [4.69, 9.17) is 4.74 Å². The molecule has 6 nitrogen and oxygen atoms in total. The molecular formula is C13H13N3O3. The summed E-state index contributed by atoms with van der Waals surface area (Å²) in [6.07, 6.45) is 1.25. The van der Waals surface area contributed by atoms with Crippen LogP contribution in [0.25, 0.3) is 0 Å². The second kappa shape index (κ2) is 5.34. The lowest BCUT2D eigenvalue weighted by Gasteiger charge is -2.09. The van der Waals surface area contributed by atoms with E-state index in [0.717, 1.165) is 0 Å². The summed E-state index contributed by atoms with van der Waals surface area (Å²) in [7, 11) is 1.51. The number of H-pyrrole nitrogens is 1. The zero-order valence-corrected chi connectivity index (χ0v) is 10.6. The van der Waals surface area contributed by atoms with Gasteiger partial charge in [-0.05, 0) is 19.1 Å². The second-order valence-electron chi connectivity index (χ2n) is 3.87. The third-order valence-corrected chi connectivity index (χ3v) is 2.53. The summed E-state index contributed by atoms with van der Waals surface area (Å²) in [5.74, 6) is 0.449. The van der Waals surface area contributed by atoms with Crippen molar-refractivity contribution in [2.45, 2.75) is 6.92 Å². The van der Waals surface area contributed by atoms with Gasteiger partial charge < -0.3 is 15.0 Å². The van der Waals surface area contributed by atoms with E-state index in [9.17, 15) is 9.59 Å². The van der Waals surface area contributed by atoms with Crippen molar-refractivity contribution in [1.29, 1.82) is 0 Å². The highest BCUT2D eigenvalue weighted by molar-refractivity contribution is 6.04. The van der Waals surface area contributed by atoms with Gasteiger partial charge in [0, 0.05) is 6.20 Å². The summed E-state index contributed by atoms with van der Waals surface area (Å²) in [6.45, 7) is 1.64. The number of nitrogens with one attached hydrogen (secondary N) is 2. The Bertz CT molecular complexity index is 664. The fraction of sp³-hybridized carbons (Fsp3) is 0.154. The molecule has 1 heterocycles. The van der Waals surface area contributed by atoms with Crippen LogP contribution < -0.4 is 15.6 Å². The first kappa shape index (κ1) is 12.8. The average molecular weight is 259 g/mol. The van der Waals surface area contributed by atoms with Crippen LogP contribution in [-0.2, 0) is 0 Å². The van der Waals surface area contributed by atoms with Gasteiger partial charge in [-0.2, -0.15) is 0 Å². The topological polar surface area (TPSA) is 84.1 Å². The maximum absolute atomic E-state index is 12.0. The maximum atomic E-state index is 12.0. The van der Waals surface area contributed by atoms with E-state index < -0.39 is 11.5 Å². The van der Waals surface area contributed by atoms with Crippen molar-refractivity contribution in [3.05, 3.63) is 52.2 Å². The van der Waals surface area contributed by atoms with Crippen LogP contribution in [0.2, 0.25) is 0 Å². The molecule has 0 atom stereocenters. The van der Waals surface area contributed by atoms with Crippen LogP contribution in [0.1, 0.15) is 16.2 Å². The number of nitrogens with zero attached hydrogens (tertiary/aromatic N) is 1. The molecule has 2 aromatic rings. The number of anilines is 1. The van der Waals surface area contributed by atoms with E-state index in [0.29, 0.717) is 17.3 Å². The van der Waals surface area contributed by atoms with Crippen LogP contribution in [-0.4, -0.2) is 23.0 Å². The van der Waals surface area contributed by atoms with Gasteiger partial charge in [-0.3, -0.25) is 9.59 Å². The monoisotopic (exact) mass is 259 g/mol. The third kappa shape index (κ3) is 2.79. The smallest absolute Gasteiger partial charge is 0.263 e. The number of hydrogen-bond donors (Lipinski definition) is 2. The van der Waals surface area contributed by atoms with Crippen molar-refractivity contribution in [2.24, 2.45) is 0 Å². The Labute approximate surface area is 109 Å². The molecule has 2 rings (SSSR count). The average Bonchev–Trinajstić information content (AvgIpc) is 2.39. The number of amides is 1. The Balaban J connectivity index is 2.28. The van der Waals surface area contributed by atoms with Gasteiger partial charge in [0.2, 0.25) is 0 Å². The van der Waals surface area contributed by atoms with Gasteiger partial charge >= 0.3 is 0 Å². The van der Waals surface area contributed by atoms with Crippen LogP contribution in [0.3, 0.4) is 0 Å². The van der Waals surface area contributed by atoms with Crippen molar-refractivity contribution >= 4 is 11.6 Å². The number of carbonyl (C=O) groups is 1. The summed E-state index contributed by atoms with van der Waals surface area (Å²) >= 11 is 0. The van der Waals surface area contributed by atoms with Gasteiger partial charge in [0.15, 0.2) is 0 Å². The molecule has 19 heavy (non-hydrogen) atoms. The molecule has 0 bridgehead atoms. The normalized spacial score (nSPS) is 10.0. The lowest BCUT2D eigenvalue weighted by atomic mass is 10.2. The van der Waals surface area contributed by atoms with Crippen molar-refractivity contribution in [3.8, 4) is 5.75 Å². The van der Waals surface area contributed by atoms with Gasteiger partial charge in [0.05, 0.1) is 12.8 Å². The molecule has 1 amide bonds. The quantitative estimate of drug-likeness (QED) is 0.871. The summed E-state index contributed by atoms with van der Waals surface area (Å²) < 4.78 is 5.12. The number of carbonyl (C=O) groups excluding carboxylic acids is 1. The number of para-hydroxylation sites is 2. The fourth-order valence-electron chi connectivity index (χ4n) is 1.58. The lowest BCUT2D eigenvalue weighted by Crippen LogP contribution is -2.24. The van der Waals surface area contributed by atoms with Crippen molar-refractivity contribution in [3.63, 3.8) is 0 Å². The Hall–Kier alpha value is -2.63. The number of rotatable bonds is 3. The standard InChI is InChI=1S/C13H13N3O3/c1-8-14-7-9(12(17)15-8)13(18)16-10-5-3-4-6-11(10)19-2/h3-7H,1-2H3,(H,16,18)(H,14,15,17). The molecule has 98 valence electrons. The summed E-state index contributed by atoms with van der Waals surface area (Å²) in [6, 6.07) is 6.95. The minimum absolute atomic E-state index is 0.0449. The molecule has 2 N–H and O–H groups in total. The number of aromatic amines is 1. The van der Waals surface area contributed by atoms with E-state index in [1.54, 1.807) is 31.2 Å². The minimum Gasteiger partial charge on any atom is -0.495 e. The van der Waals surface area contributed by atoms with Gasteiger partial charge in [-0.25, -0.2) is 4.98 Å². The van der Waals surface area contributed by atoms with Gasteiger partial charge in [-0.15, -0.1) is 0 Å². The minimum atomic E-state index is -0.529. The van der Waals surface area contributed by atoms with Gasteiger partial charge in [0.1, 0.15) is 17.1 Å². The molecule has 0 spiro atoms. The highest BCUT2D eigenvalue weighted by Gasteiger charge is 2.13. The summed E-state index contributed by atoms with van der Waals surface area (Å²) in [4.78, 5) is 30.0. The molecular weight excluding hydrogens is 246 g/mol. The zero-order chi connectivity index (χ0) is 13.8. The molecule has 1 aromatic carbocycles. The van der Waals surface area contributed by atoms with Crippen molar-refractivity contribution in [2.75, 3.05) is 12.4 Å². The number of aromatic nitrogens is 2. The predicted octanol–water partition coefficient (Wildman–Crippen LogP) is 1.34. The van der Waals surface area contributed by atoms with E-state index in [-0.39, 0.29) is 5.56 Å². The maximum Gasteiger partial charge on any atom is 0.263 e. The Morgan fingerprint density at radius 1 is 1.37 bits per heavy atom. The molecule has 6 heteroatoms. The van der Waals surface area contributed by atoms with Crippen LogP contribution in [0, 0.1) is 6.92 Å². The Morgan fingerprint density at radius 3 is 2.79 bits per heavy atom. The molecule has 0 saturated heterocycles. The Kier molecular flexibility index (Phi) is 3.61. The first-order valence-electron chi connectivity index (χ1n) is 5.62. The van der Waals surface area contributed by atoms with Crippen molar-refractivity contribution < 1.29 is 9.53 Å². The number of benzene rings is 1. The van der Waals surface area contributed by atoms with Gasteiger partial charge in [0.25, 0.3) is 11.5 Å². The van der Waals surface area contributed by atoms with E-state index >= 15 is 0 Å². The molecule has 0 aliphatic heterocycles. The summed E-state index contributed by atoms with van der Waals surface area (Å²) in [5.41, 5.74) is -0.0219. The molecule has 1 aromatic heterocycles. The van der Waals surface area contributed by atoms with Gasteiger partial charge in [-0.1, -0.05) is 12.1 Å². The van der Waals surface area contributed by atoms with Crippen LogP contribution >= 0.6 is 0 Å². The Morgan fingerprint density at radius 2 is 2.11 bits per heavy atom. The molecule has 0 saturated carbocycles. The highest BCUT2D eigenvalue weighted by atomic mass is 16.5. The molecule has 0 unspecified atom stereocenters. The zero-order valence-electron chi connectivity index (χ0n) is 10.6.